The van der Waals surface area contributed by atoms with E-state index in [0.717, 1.165) is 10.3 Å². The first-order valence-corrected chi connectivity index (χ1v) is 9.50. The van der Waals surface area contributed by atoms with Crippen molar-refractivity contribution in [1.82, 2.24) is 29.3 Å². The number of aliphatic hydroxyl groups excluding tert-OH is 1. The molecule has 1 aliphatic heterocycles. The van der Waals surface area contributed by atoms with Crippen LogP contribution in [0.5, 0.6) is 0 Å². The second-order valence-electron chi connectivity index (χ2n) is 7.34. The maximum Gasteiger partial charge on any atom is 0.330 e. The molecule has 1 N–H and O–H groups in total. The van der Waals surface area contributed by atoms with Crippen molar-refractivity contribution in [3.05, 3.63) is 62.9 Å². The lowest BCUT2D eigenvalue weighted by Gasteiger charge is -2.34. The van der Waals surface area contributed by atoms with Crippen LogP contribution in [-0.4, -0.2) is 47.5 Å². The lowest BCUT2D eigenvalue weighted by Crippen LogP contribution is -2.42. The number of aliphatic hydroxyl groups is 1. The smallest absolute Gasteiger partial charge is 0.330 e. The average Bonchev–Trinajstić information content (AvgIpc) is 3.25. The predicted octanol–water partition coefficient (Wildman–Crippen LogP) is 0.00970. The van der Waals surface area contributed by atoms with Crippen molar-refractivity contribution >= 4 is 5.95 Å². The van der Waals surface area contributed by atoms with Gasteiger partial charge in [0.25, 0.3) is 5.56 Å². The van der Waals surface area contributed by atoms with Gasteiger partial charge < -0.3 is 14.6 Å². The SMILES string of the molecule is Cn1cc([C@@H](O)C2CCN(c3nnnn3-c3ccccc3)CC2)c(=O)n(C)c1=O. The van der Waals surface area contributed by atoms with Gasteiger partial charge in [0.2, 0.25) is 5.95 Å². The molecule has 0 amide bonds. The minimum absolute atomic E-state index is 0.0856. The van der Waals surface area contributed by atoms with Crippen molar-refractivity contribution in [2.75, 3.05) is 18.0 Å². The zero-order chi connectivity index (χ0) is 20.5. The summed E-state index contributed by atoms with van der Waals surface area (Å²) < 4.78 is 4.05. The van der Waals surface area contributed by atoms with Crippen molar-refractivity contribution < 1.29 is 5.11 Å². The lowest BCUT2D eigenvalue weighted by molar-refractivity contribution is 0.0902. The summed E-state index contributed by atoms with van der Waals surface area (Å²) in [6.45, 7) is 1.31. The van der Waals surface area contributed by atoms with E-state index in [1.807, 2.05) is 30.3 Å². The number of hydrogen-bond acceptors (Lipinski definition) is 7. The molecule has 0 spiro atoms. The highest BCUT2D eigenvalue weighted by molar-refractivity contribution is 5.40. The molecule has 1 atom stereocenters. The summed E-state index contributed by atoms with van der Waals surface area (Å²) in [5, 5.41) is 22.9. The van der Waals surface area contributed by atoms with Crippen LogP contribution in [0.3, 0.4) is 0 Å². The van der Waals surface area contributed by atoms with Crippen molar-refractivity contribution in [2.45, 2.75) is 18.9 Å². The van der Waals surface area contributed by atoms with Crippen LogP contribution in [0.1, 0.15) is 24.5 Å². The molecule has 1 aromatic carbocycles. The fourth-order valence-electron chi connectivity index (χ4n) is 3.82. The number of aromatic nitrogens is 6. The third kappa shape index (κ3) is 3.46. The Kier molecular flexibility index (Phi) is 5.01. The van der Waals surface area contributed by atoms with Gasteiger partial charge in [-0.15, -0.1) is 0 Å². The van der Waals surface area contributed by atoms with E-state index >= 15 is 0 Å². The molecule has 0 unspecified atom stereocenters. The number of aryl methyl sites for hydroxylation is 1. The molecule has 0 aliphatic carbocycles. The Morgan fingerprint density at radius 3 is 2.48 bits per heavy atom. The molecule has 0 saturated carbocycles. The second-order valence-corrected chi connectivity index (χ2v) is 7.34. The lowest BCUT2D eigenvalue weighted by atomic mass is 9.88. The second kappa shape index (κ2) is 7.63. The first-order chi connectivity index (χ1) is 14.0. The maximum atomic E-state index is 12.4. The third-order valence-corrected chi connectivity index (χ3v) is 5.51. The first-order valence-electron chi connectivity index (χ1n) is 9.50. The number of nitrogens with zero attached hydrogens (tertiary/aromatic N) is 7. The highest BCUT2D eigenvalue weighted by Crippen LogP contribution is 2.30. The van der Waals surface area contributed by atoms with E-state index in [1.165, 1.54) is 17.8 Å². The van der Waals surface area contributed by atoms with Crippen molar-refractivity contribution in [3.8, 4) is 5.69 Å². The van der Waals surface area contributed by atoms with E-state index in [9.17, 15) is 14.7 Å². The Labute approximate surface area is 166 Å². The monoisotopic (exact) mass is 397 g/mol. The highest BCUT2D eigenvalue weighted by Gasteiger charge is 2.30. The number of para-hydroxylation sites is 1. The van der Waals surface area contributed by atoms with E-state index in [1.54, 1.807) is 11.7 Å². The van der Waals surface area contributed by atoms with Crippen LogP contribution in [0.2, 0.25) is 0 Å². The van der Waals surface area contributed by atoms with E-state index in [-0.39, 0.29) is 11.5 Å². The van der Waals surface area contributed by atoms with Crippen LogP contribution in [0.15, 0.2) is 46.1 Å². The number of hydrogen-bond donors (Lipinski definition) is 1. The zero-order valence-corrected chi connectivity index (χ0v) is 16.3. The normalized spacial score (nSPS) is 16.2. The zero-order valence-electron chi connectivity index (χ0n) is 16.3. The van der Waals surface area contributed by atoms with Gasteiger partial charge in [-0.1, -0.05) is 23.3 Å². The van der Waals surface area contributed by atoms with Crippen LogP contribution in [0.25, 0.3) is 5.69 Å². The predicted molar refractivity (Wildman–Crippen MR) is 106 cm³/mol. The van der Waals surface area contributed by atoms with Gasteiger partial charge in [0.15, 0.2) is 0 Å². The Bertz CT molecular complexity index is 1110. The van der Waals surface area contributed by atoms with Crippen LogP contribution >= 0.6 is 0 Å². The van der Waals surface area contributed by atoms with Crippen molar-refractivity contribution in [2.24, 2.45) is 20.0 Å². The third-order valence-electron chi connectivity index (χ3n) is 5.51. The average molecular weight is 397 g/mol. The molecule has 1 fully saturated rings. The number of benzene rings is 1. The largest absolute Gasteiger partial charge is 0.388 e. The molecule has 4 rings (SSSR count). The Morgan fingerprint density at radius 1 is 1.10 bits per heavy atom. The van der Waals surface area contributed by atoms with E-state index in [0.29, 0.717) is 31.9 Å². The Hall–Kier alpha value is -3.27. The fraction of sp³-hybridized carbons (Fsp3) is 0.421. The number of anilines is 1. The number of rotatable bonds is 4. The molecule has 10 nitrogen and oxygen atoms in total. The van der Waals surface area contributed by atoms with E-state index in [4.69, 9.17) is 0 Å². The summed E-state index contributed by atoms with van der Waals surface area (Å²) in [5.41, 5.74) is 0.273. The van der Waals surface area contributed by atoms with E-state index in [2.05, 4.69) is 20.4 Å². The van der Waals surface area contributed by atoms with Crippen molar-refractivity contribution in [3.63, 3.8) is 0 Å². The summed E-state index contributed by atoms with van der Waals surface area (Å²) >= 11 is 0. The van der Waals surface area contributed by atoms with E-state index < -0.39 is 17.4 Å². The summed E-state index contributed by atoms with van der Waals surface area (Å²) in [6, 6.07) is 9.66. The van der Waals surface area contributed by atoms with Gasteiger partial charge in [0, 0.05) is 33.4 Å². The topological polar surface area (TPSA) is 111 Å². The molecule has 1 saturated heterocycles. The van der Waals surface area contributed by atoms with Crippen molar-refractivity contribution in [1.29, 1.82) is 0 Å². The molecule has 152 valence electrons. The van der Waals surface area contributed by atoms with Gasteiger partial charge in [0.1, 0.15) is 0 Å². The summed E-state index contributed by atoms with van der Waals surface area (Å²) in [5.74, 6) is 0.569. The van der Waals surface area contributed by atoms with Gasteiger partial charge in [-0.3, -0.25) is 9.36 Å². The molecular weight excluding hydrogens is 374 g/mol. The first kappa shape index (κ1) is 19.1. The Morgan fingerprint density at radius 2 is 1.79 bits per heavy atom. The summed E-state index contributed by atoms with van der Waals surface area (Å²) in [4.78, 5) is 26.4. The van der Waals surface area contributed by atoms with Crippen LogP contribution in [-0.2, 0) is 14.1 Å². The Balaban J connectivity index is 1.51. The van der Waals surface area contributed by atoms with Gasteiger partial charge in [-0.25, -0.2) is 4.79 Å². The molecule has 3 aromatic rings. The highest BCUT2D eigenvalue weighted by atomic mass is 16.3. The van der Waals surface area contributed by atoms with Gasteiger partial charge in [0.05, 0.1) is 17.4 Å². The van der Waals surface area contributed by atoms with Crippen LogP contribution in [0.4, 0.5) is 5.95 Å². The minimum Gasteiger partial charge on any atom is -0.388 e. The van der Waals surface area contributed by atoms with Gasteiger partial charge in [-0.05, 0) is 41.3 Å². The molecule has 1 aliphatic rings. The quantitative estimate of drug-likeness (QED) is 0.660. The van der Waals surface area contributed by atoms with Crippen LogP contribution in [0, 0.1) is 5.92 Å². The van der Waals surface area contributed by atoms with Gasteiger partial charge >= 0.3 is 5.69 Å². The fourth-order valence-corrected chi connectivity index (χ4v) is 3.82. The maximum absolute atomic E-state index is 12.4. The molecule has 2 aromatic heterocycles. The summed E-state index contributed by atoms with van der Waals surface area (Å²) in [6.07, 6.45) is 1.87. The molecule has 29 heavy (non-hydrogen) atoms. The number of piperidine rings is 1. The molecule has 0 bridgehead atoms. The molecule has 10 heteroatoms. The standard InChI is InChI=1S/C19H23N7O3/c1-23-12-15(17(28)24(2)19(23)29)16(27)13-8-10-25(11-9-13)18-20-21-22-26(18)14-6-4-3-5-7-14/h3-7,12-13,16,27H,8-11H2,1-2H3/t16-/m0/s1. The van der Waals surface area contributed by atoms with Crippen LogP contribution < -0.4 is 16.1 Å². The molecular formula is C19H23N7O3. The minimum atomic E-state index is -0.923. The molecule has 0 radical (unpaired) electrons. The van der Waals surface area contributed by atoms with Gasteiger partial charge in [-0.2, -0.15) is 4.68 Å². The number of tetrazole rings is 1. The molecule has 3 heterocycles. The summed E-state index contributed by atoms with van der Waals surface area (Å²) in [7, 11) is 3.00.